The van der Waals surface area contributed by atoms with Gasteiger partial charge in [-0.3, -0.25) is 9.88 Å². The minimum Gasteiger partial charge on any atom is -0.371 e. The van der Waals surface area contributed by atoms with Crippen LogP contribution in [-0.2, 0) is 5.72 Å². The molecule has 2 saturated carbocycles. The van der Waals surface area contributed by atoms with Gasteiger partial charge in [0, 0.05) is 17.0 Å². The largest absolute Gasteiger partial charge is 0.371 e. The fourth-order valence-corrected chi connectivity index (χ4v) is 4.33. The Balaban J connectivity index is 1.89. The van der Waals surface area contributed by atoms with E-state index in [1.807, 2.05) is 6.92 Å². The van der Waals surface area contributed by atoms with Crippen LogP contribution < -0.4 is 5.32 Å². The van der Waals surface area contributed by atoms with E-state index in [0.29, 0.717) is 22.5 Å². The smallest absolute Gasteiger partial charge is 0.203 e. The van der Waals surface area contributed by atoms with Gasteiger partial charge in [0.15, 0.2) is 5.72 Å². The number of aromatic nitrogens is 2. The van der Waals surface area contributed by atoms with Gasteiger partial charge in [-0.2, -0.15) is 0 Å². The monoisotopic (exact) mass is 355 g/mol. The number of nitrogens with zero attached hydrogens (tertiary/aromatic N) is 2. The highest BCUT2D eigenvalue weighted by Gasteiger charge is 2.65. The van der Waals surface area contributed by atoms with Gasteiger partial charge in [-0.05, 0) is 37.5 Å². The highest BCUT2D eigenvalue weighted by Crippen LogP contribution is 2.50. The van der Waals surface area contributed by atoms with E-state index in [1.165, 1.54) is 6.33 Å². The molecule has 0 aliphatic heterocycles. The first-order chi connectivity index (χ1) is 10.9. The molecule has 7 heteroatoms. The predicted molar refractivity (Wildman–Crippen MR) is 89.5 cm³/mol. The summed E-state index contributed by atoms with van der Waals surface area (Å²) in [5.41, 5.74) is -1.87. The molecule has 5 nitrogen and oxygen atoms in total. The summed E-state index contributed by atoms with van der Waals surface area (Å²) in [7, 11) is 0. The van der Waals surface area contributed by atoms with Crippen molar-refractivity contribution in [2.24, 2.45) is 5.92 Å². The van der Waals surface area contributed by atoms with E-state index >= 15 is 0 Å². The molecule has 1 heterocycles. The molecule has 4 unspecified atom stereocenters. The number of benzene rings is 1. The molecule has 0 saturated heterocycles. The zero-order valence-electron chi connectivity index (χ0n) is 12.7. The van der Waals surface area contributed by atoms with Crippen molar-refractivity contribution in [1.29, 1.82) is 0 Å². The number of rotatable bonds is 3. The van der Waals surface area contributed by atoms with Gasteiger partial charge in [-0.1, -0.05) is 18.5 Å². The minimum absolute atomic E-state index is 0.202. The van der Waals surface area contributed by atoms with Crippen LogP contribution in [0.3, 0.4) is 0 Å². The Hall–Kier alpha value is -0.850. The molecule has 0 spiro atoms. The molecule has 124 valence electrons. The van der Waals surface area contributed by atoms with Gasteiger partial charge in [0.25, 0.3) is 0 Å². The van der Waals surface area contributed by atoms with Gasteiger partial charge >= 0.3 is 0 Å². The summed E-state index contributed by atoms with van der Waals surface area (Å²) in [6, 6.07) is 5.47. The number of nitrogens with one attached hydrogen (secondary N) is 1. The van der Waals surface area contributed by atoms with Crippen LogP contribution in [0.5, 0.6) is 0 Å². The second-order valence-electron chi connectivity index (χ2n) is 6.76. The van der Waals surface area contributed by atoms with Gasteiger partial charge < -0.3 is 10.2 Å². The summed E-state index contributed by atoms with van der Waals surface area (Å²) in [6.07, 6.45) is 4.01. The van der Waals surface area contributed by atoms with Crippen LogP contribution >= 0.6 is 23.2 Å². The van der Waals surface area contributed by atoms with Crippen LogP contribution in [0.1, 0.15) is 26.2 Å². The van der Waals surface area contributed by atoms with Crippen molar-refractivity contribution in [3.63, 3.8) is 0 Å². The van der Waals surface area contributed by atoms with E-state index in [4.69, 9.17) is 23.2 Å². The molecule has 0 amide bonds. The Bertz CT molecular complexity index is 763. The predicted octanol–water partition coefficient (Wildman–Crippen LogP) is 2.42. The molecule has 23 heavy (non-hydrogen) atoms. The van der Waals surface area contributed by atoms with E-state index in [0.717, 1.165) is 12.8 Å². The lowest BCUT2D eigenvalue weighted by molar-refractivity contribution is -0.210. The van der Waals surface area contributed by atoms with Gasteiger partial charge in [0.1, 0.15) is 0 Å². The Morgan fingerprint density at radius 2 is 2.09 bits per heavy atom. The third-order valence-corrected chi connectivity index (χ3v) is 5.87. The molecule has 2 aliphatic rings. The number of aliphatic hydroxyl groups is 2. The SMILES string of the molecule is CC1CC(Cl)C(O)(n2cnc3ccc(Cl)cc32)C1(O)NC1CC1. The van der Waals surface area contributed by atoms with Gasteiger partial charge in [-0.15, -0.1) is 11.6 Å². The first-order valence-electron chi connectivity index (χ1n) is 7.86. The highest BCUT2D eigenvalue weighted by atomic mass is 35.5. The summed E-state index contributed by atoms with van der Waals surface area (Å²) < 4.78 is 1.56. The third kappa shape index (κ3) is 2.14. The lowest BCUT2D eigenvalue weighted by atomic mass is 9.95. The highest BCUT2D eigenvalue weighted by molar-refractivity contribution is 6.31. The number of hydrogen-bond acceptors (Lipinski definition) is 4. The van der Waals surface area contributed by atoms with Crippen molar-refractivity contribution in [2.75, 3.05) is 0 Å². The summed E-state index contributed by atoms with van der Waals surface area (Å²) in [4.78, 5) is 4.32. The molecule has 3 N–H and O–H groups in total. The maximum atomic E-state index is 11.5. The first-order valence-corrected chi connectivity index (χ1v) is 8.67. The average molecular weight is 356 g/mol. The molecule has 1 aromatic carbocycles. The first kappa shape index (κ1) is 15.7. The fraction of sp³-hybridized carbons (Fsp3) is 0.562. The minimum atomic E-state index is -1.70. The second-order valence-corrected chi connectivity index (χ2v) is 7.73. The Kier molecular flexibility index (Phi) is 3.45. The van der Waals surface area contributed by atoms with Crippen molar-refractivity contribution >= 4 is 34.2 Å². The third-order valence-electron chi connectivity index (χ3n) is 5.15. The standard InChI is InChI=1S/C16H19Cl2N3O2/c1-9-6-14(18)16(23,15(9,22)20-11-3-4-11)21-8-19-12-5-2-10(17)7-13(12)21/h2,5,7-9,11,14,20,22-23H,3-4,6H2,1H3. The zero-order chi connectivity index (χ0) is 16.4. The Labute approximate surface area is 144 Å². The number of alkyl halides is 1. The van der Waals surface area contributed by atoms with E-state index in [1.54, 1.807) is 22.8 Å². The van der Waals surface area contributed by atoms with Crippen LogP contribution in [0.2, 0.25) is 5.02 Å². The lowest BCUT2D eigenvalue weighted by Gasteiger charge is -2.43. The van der Waals surface area contributed by atoms with E-state index < -0.39 is 16.8 Å². The summed E-state index contributed by atoms with van der Waals surface area (Å²) in [5, 5.41) is 25.9. The molecule has 4 rings (SSSR count). The van der Waals surface area contributed by atoms with Gasteiger partial charge in [0.05, 0.1) is 22.7 Å². The van der Waals surface area contributed by atoms with Crippen LogP contribution in [0.15, 0.2) is 24.5 Å². The molecular formula is C16H19Cl2N3O2. The quantitative estimate of drug-likeness (QED) is 0.584. The fourth-order valence-electron chi connectivity index (χ4n) is 3.62. The second kappa shape index (κ2) is 5.07. The number of halogens is 2. The molecule has 1 aromatic heterocycles. The van der Waals surface area contributed by atoms with Crippen molar-refractivity contribution in [3.05, 3.63) is 29.5 Å². The van der Waals surface area contributed by atoms with Crippen molar-refractivity contribution in [1.82, 2.24) is 14.9 Å². The molecule has 0 bridgehead atoms. The molecule has 2 aromatic rings. The number of fused-ring (bicyclic) bond motifs is 1. The molecule has 2 aliphatic carbocycles. The van der Waals surface area contributed by atoms with Crippen LogP contribution in [0, 0.1) is 5.92 Å². The summed E-state index contributed by atoms with van der Waals surface area (Å²) >= 11 is 12.6. The van der Waals surface area contributed by atoms with Crippen molar-refractivity contribution < 1.29 is 10.2 Å². The average Bonchev–Trinajstić information content (AvgIpc) is 3.18. The van der Waals surface area contributed by atoms with E-state index in [9.17, 15) is 10.2 Å². The molecule has 4 atom stereocenters. The maximum Gasteiger partial charge on any atom is 0.203 e. The molecular weight excluding hydrogens is 337 g/mol. The number of hydrogen-bond donors (Lipinski definition) is 3. The van der Waals surface area contributed by atoms with Gasteiger partial charge in [0.2, 0.25) is 5.72 Å². The zero-order valence-corrected chi connectivity index (χ0v) is 14.2. The summed E-state index contributed by atoms with van der Waals surface area (Å²) in [6.45, 7) is 1.90. The lowest BCUT2D eigenvalue weighted by Crippen LogP contribution is -2.65. The molecule has 0 radical (unpaired) electrons. The topological polar surface area (TPSA) is 70.3 Å². The van der Waals surface area contributed by atoms with Crippen LogP contribution in [-0.4, -0.2) is 36.9 Å². The van der Waals surface area contributed by atoms with Crippen molar-refractivity contribution in [3.8, 4) is 0 Å². The normalized spacial score (nSPS) is 37.6. The van der Waals surface area contributed by atoms with Crippen LogP contribution in [0.4, 0.5) is 0 Å². The Morgan fingerprint density at radius 3 is 2.78 bits per heavy atom. The van der Waals surface area contributed by atoms with E-state index in [2.05, 4.69) is 10.3 Å². The Morgan fingerprint density at radius 1 is 1.35 bits per heavy atom. The maximum absolute atomic E-state index is 11.5. The number of imidazole rings is 1. The van der Waals surface area contributed by atoms with Crippen molar-refractivity contribution in [2.45, 2.75) is 49.1 Å². The van der Waals surface area contributed by atoms with Gasteiger partial charge in [-0.25, -0.2) is 4.98 Å². The molecule has 2 fully saturated rings. The summed E-state index contributed by atoms with van der Waals surface area (Å²) in [5.74, 6) is -0.202. The van der Waals surface area contributed by atoms with Crippen LogP contribution in [0.25, 0.3) is 11.0 Å². The van der Waals surface area contributed by atoms with E-state index in [-0.39, 0.29) is 12.0 Å².